The van der Waals surface area contributed by atoms with Crippen LogP contribution in [-0.4, -0.2) is 17.2 Å². The molecule has 0 fully saturated rings. The standard InChI is InChI=1S/C20H16Cl2N3O3.2HI/c21-18-5-4-16(11-19(18)22)20(26)15-6-9-24(10-7-15)13-28-14-25-8-2-1-3-17(25)12-23-27;;/h1-12H,13-14H2;2*1H/q+1;;/p-1. The van der Waals surface area contributed by atoms with E-state index in [0.717, 1.165) is 0 Å². The molecule has 0 aliphatic carbocycles. The number of hydrogen-bond donors (Lipinski definition) is 1. The molecule has 0 atom stereocenters. The first-order valence-electron chi connectivity index (χ1n) is 8.31. The van der Waals surface area contributed by atoms with Gasteiger partial charge >= 0.3 is 0 Å². The SMILES string of the molecule is O=C(c1cc[n+](COC[n+]2ccccc2C=NO)cc1)c1ccc(Cl)c(Cl)c1.[I-].[I-]. The number of ketones is 1. The fraction of sp³-hybridized carbons (Fsp3) is 0.100. The van der Waals surface area contributed by atoms with Gasteiger partial charge in [-0.05, 0) is 24.3 Å². The van der Waals surface area contributed by atoms with Crippen LogP contribution in [0.4, 0.5) is 0 Å². The van der Waals surface area contributed by atoms with E-state index in [1.165, 1.54) is 6.21 Å². The third-order valence-electron chi connectivity index (χ3n) is 3.97. The van der Waals surface area contributed by atoms with Gasteiger partial charge in [0, 0.05) is 35.4 Å². The van der Waals surface area contributed by atoms with Crippen molar-refractivity contribution in [3.63, 3.8) is 0 Å². The molecule has 6 nitrogen and oxygen atoms in total. The maximum atomic E-state index is 12.5. The van der Waals surface area contributed by atoms with Crippen molar-refractivity contribution < 1.29 is 71.8 Å². The summed E-state index contributed by atoms with van der Waals surface area (Å²) in [6.07, 6.45) is 6.67. The molecular weight excluding hydrogens is 655 g/mol. The van der Waals surface area contributed by atoms with Crippen LogP contribution in [0.1, 0.15) is 21.6 Å². The highest BCUT2D eigenvalue weighted by atomic mass is 127. The van der Waals surface area contributed by atoms with Crippen molar-refractivity contribution in [2.24, 2.45) is 5.16 Å². The number of nitrogens with zero attached hydrogens (tertiary/aromatic N) is 3. The number of aromatic nitrogens is 2. The van der Waals surface area contributed by atoms with Crippen molar-refractivity contribution in [1.29, 1.82) is 0 Å². The van der Waals surface area contributed by atoms with Gasteiger partial charge in [-0.2, -0.15) is 9.13 Å². The van der Waals surface area contributed by atoms with E-state index in [1.54, 1.807) is 57.9 Å². The minimum Gasteiger partial charge on any atom is -1.00 e. The first-order chi connectivity index (χ1) is 13.6. The lowest BCUT2D eigenvalue weighted by molar-refractivity contribution is -0.788. The molecule has 3 aromatic rings. The molecule has 10 heteroatoms. The number of carbonyl (C=O) groups is 1. The average molecular weight is 672 g/mol. The number of carbonyl (C=O) groups excluding carboxylic acids is 1. The Bertz CT molecular complexity index is 1020. The maximum Gasteiger partial charge on any atom is 0.258 e. The zero-order chi connectivity index (χ0) is 19.9. The van der Waals surface area contributed by atoms with Crippen LogP contribution in [-0.2, 0) is 18.2 Å². The Hall–Kier alpha value is -1.34. The molecule has 0 spiro atoms. The van der Waals surface area contributed by atoms with Crippen molar-refractivity contribution in [3.8, 4) is 0 Å². The lowest BCUT2D eigenvalue weighted by atomic mass is 10.0. The molecule has 30 heavy (non-hydrogen) atoms. The number of pyridine rings is 2. The van der Waals surface area contributed by atoms with Crippen LogP contribution in [0.15, 0.2) is 72.3 Å². The van der Waals surface area contributed by atoms with Crippen LogP contribution in [0.25, 0.3) is 0 Å². The molecule has 2 heterocycles. The quantitative estimate of drug-likeness (QED) is 0.0741. The maximum absolute atomic E-state index is 12.5. The molecule has 0 amide bonds. The Morgan fingerprint density at radius 2 is 1.70 bits per heavy atom. The van der Waals surface area contributed by atoms with Crippen molar-refractivity contribution in [2.45, 2.75) is 13.5 Å². The van der Waals surface area contributed by atoms with Crippen LogP contribution >= 0.6 is 23.2 Å². The molecule has 0 aliphatic rings. The molecular formula is C20H17Cl2I2N3O3. The number of oxime groups is 1. The molecule has 158 valence electrons. The smallest absolute Gasteiger partial charge is 0.258 e. The number of rotatable bonds is 7. The molecule has 0 bridgehead atoms. The fourth-order valence-corrected chi connectivity index (χ4v) is 2.82. The summed E-state index contributed by atoms with van der Waals surface area (Å²) >= 11 is 11.9. The molecule has 0 saturated heterocycles. The van der Waals surface area contributed by atoms with Gasteiger partial charge in [0.1, 0.15) is 6.21 Å². The van der Waals surface area contributed by atoms with Crippen LogP contribution in [0.5, 0.6) is 0 Å². The molecule has 0 radical (unpaired) electrons. The Morgan fingerprint density at radius 1 is 0.967 bits per heavy atom. The topological polar surface area (TPSA) is 66.7 Å². The predicted octanol–water partition coefficient (Wildman–Crippen LogP) is -2.75. The van der Waals surface area contributed by atoms with E-state index in [1.807, 2.05) is 18.3 Å². The molecule has 0 unspecified atom stereocenters. The second kappa shape index (κ2) is 13.2. The Morgan fingerprint density at radius 3 is 2.37 bits per heavy atom. The van der Waals surface area contributed by atoms with Crippen molar-refractivity contribution >= 4 is 35.2 Å². The summed E-state index contributed by atoms with van der Waals surface area (Å²) in [5, 5.41) is 12.5. The molecule has 3 rings (SSSR count). The van der Waals surface area contributed by atoms with Crippen LogP contribution in [0, 0.1) is 0 Å². The van der Waals surface area contributed by atoms with Gasteiger partial charge in [-0.25, -0.2) is 0 Å². The van der Waals surface area contributed by atoms with Crippen LogP contribution < -0.4 is 57.1 Å². The molecule has 2 aromatic heterocycles. The number of ether oxygens (including phenoxy) is 1. The van der Waals surface area contributed by atoms with Gasteiger partial charge < -0.3 is 53.2 Å². The summed E-state index contributed by atoms with van der Waals surface area (Å²) in [5.74, 6) is -0.139. The lowest BCUT2D eigenvalue weighted by Crippen LogP contribution is -3.00. The normalized spacial score (nSPS) is 10.3. The monoisotopic (exact) mass is 671 g/mol. The zero-order valence-corrected chi connectivity index (χ0v) is 21.3. The highest BCUT2D eigenvalue weighted by Gasteiger charge is 2.13. The van der Waals surface area contributed by atoms with Gasteiger partial charge in [-0.15, -0.1) is 0 Å². The summed E-state index contributed by atoms with van der Waals surface area (Å²) in [6, 6.07) is 13.7. The van der Waals surface area contributed by atoms with Gasteiger partial charge in [0.25, 0.3) is 13.5 Å². The third kappa shape index (κ3) is 7.12. The zero-order valence-electron chi connectivity index (χ0n) is 15.5. The Balaban J connectivity index is 0.00000225. The third-order valence-corrected chi connectivity index (χ3v) is 4.71. The van der Waals surface area contributed by atoms with Gasteiger partial charge in [0.05, 0.1) is 10.0 Å². The minimum atomic E-state index is -0.139. The molecule has 1 N–H and O–H groups in total. The van der Waals surface area contributed by atoms with Crippen molar-refractivity contribution in [3.05, 3.63) is 94.0 Å². The van der Waals surface area contributed by atoms with Gasteiger partial charge in [0.2, 0.25) is 5.69 Å². The Kier molecular flexibility index (Phi) is 11.7. The second-order valence-electron chi connectivity index (χ2n) is 5.86. The second-order valence-corrected chi connectivity index (χ2v) is 6.68. The largest absolute Gasteiger partial charge is 1.00 e. The summed E-state index contributed by atoms with van der Waals surface area (Å²) in [4.78, 5) is 12.5. The minimum absolute atomic E-state index is 0. The highest BCUT2D eigenvalue weighted by molar-refractivity contribution is 6.42. The number of benzene rings is 1. The molecule has 0 aliphatic heterocycles. The van der Waals surface area contributed by atoms with Crippen molar-refractivity contribution in [2.75, 3.05) is 0 Å². The molecule has 0 saturated carbocycles. The number of halogens is 4. The van der Waals surface area contributed by atoms with E-state index in [4.69, 9.17) is 33.1 Å². The van der Waals surface area contributed by atoms with E-state index in [2.05, 4.69) is 5.16 Å². The highest BCUT2D eigenvalue weighted by Crippen LogP contribution is 2.23. The van der Waals surface area contributed by atoms with E-state index in [9.17, 15) is 4.79 Å². The first-order valence-corrected chi connectivity index (χ1v) is 9.06. The fourth-order valence-electron chi connectivity index (χ4n) is 2.53. The predicted molar refractivity (Wildman–Crippen MR) is 104 cm³/mol. The van der Waals surface area contributed by atoms with Gasteiger partial charge in [-0.3, -0.25) is 9.53 Å². The summed E-state index contributed by atoms with van der Waals surface area (Å²) < 4.78 is 9.27. The van der Waals surface area contributed by atoms with Crippen LogP contribution in [0.2, 0.25) is 10.0 Å². The van der Waals surface area contributed by atoms with Crippen molar-refractivity contribution in [1.82, 2.24) is 0 Å². The van der Waals surface area contributed by atoms with E-state index < -0.39 is 0 Å². The lowest BCUT2D eigenvalue weighted by Gasteiger charge is -2.03. The van der Waals surface area contributed by atoms with Gasteiger partial charge in [-0.1, -0.05) is 28.4 Å². The van der Waals surface area contributed by atoms with E-state index in [0.29, 0.717) is 33.6 Å². The van der Waals surface area contributed by atoms with Crippen LogP contribution in [0.3, 0.4) is 0 Å². The van der Waals surface area contributed by atoms with E-state index >= 15 is 0 Å². The average Bonchev–Trinajstić information content (AvgIpc) is 2.71. The van der Waals surface area contributed by atoms with Gasteiger partial charge in [0.15, 0.2) is 24.4 Å². The summed E-state index contributed by atoms with van der Waals surface area (Å²) in [6.45, 7) is 0.567. The number of hydrogen-bond acceptors (Lipinski definition) is 4. The summed E-state index contributed by atoms with van der Waals surface area (Å²) in [5.41, 5.74) is 1.72. The summed E-state index contributed by atoms with van der Waals surface area (Å²) in [7, 11) is 0. The first kappa shape index (κ1) is 26.7. The molecule has 1 aromatic carbocycles. The Labute approximate surface area is 218 Å². The van der Waals surface area contributed by atoms with E-state index in [-0.39, 0.29) is 60.5 Å².